The SMILES string of the molecule is CC(=O)Oc1cc2[nH]nc(-c3cc4cc(CO)ccc4[nH]3)c2s1. The molecule has 116 valence electrons. The van der Waals surface area contributed by atoms with E-state index in [0.29, 0.717) is 5.06 Å². The van der Waals surface area contributed by atoms with Crippen molar-refractivity contribution in [3.63, 3.8) is 0 Å². The number of aromatic amines is 2. The number of aliphatic hydroxyl groups is 1. The van der Waals surface area contributed by atoms with E-state index in [1.165, 1.54) is 18.3 Å². The molecule has 0 aliphatic heterocycles. The van der Waals surface area contributed by atoms with E-state index in [0.717, 1.165) is 38.1 Å². The van der Waals surface area contributed by atoms with Crippen LogP contribution in [0.4, 0.5) is 0 Å². The number of nitrogens with zero attached hydrogens (tertiary/aromatic N) is 1. The number of carbonyl (C=O) groups is 1. The minimum Gasteiger partial charge on any atom is -0.415 e. The molecule has 23 heavy (non-hydrogen) atoms. The summed E-state index contributed by atoms with van der Waals surface area (Å²) in [6, 6.07) is 9.53. The van der Waals surface area contributed by atoms with E-state index >= 15 is 0 Å². The van der Waals surface area contributed by atoms with Crippen LogP contribution in [0.2, 0.25) is 0 Å². The lowest BCUT2D eigenvalue weighted by Crippen LogP contribution is -1.99. The lowest BCUT2D eigenvalue weighted by atomic mass is 10.1. The number of aliphatic hydroxyl groups excluding tert-OH is 1. The Hall–Kier alpha value is -2.64. The van der Waals surface area contributed by atoms with E-state index < -0.39 is 0 Å². The summed E-state index contributed by atoms with van der Waals surface area (Å²) in [5.74, 6) is -0.342. The predicted molar refractivity (Wildman–Crippen MR) is 88.5 cm³/mol. The van der Waals surface area contributed by atoms with Crippen LogP contribution < -0.4 is 4.74 Å². The van der Waals surface area contributed by atoms with Crippen LogP contribution >= 0.6 is 11.3 Å². The van der Waals surface area contributed by atoms with Crippen molar-refractivity contribution in [2.75, 3.05) is 0 Å². The molecule has 3 heterocycles. The number of hydrogen-bond donors (Lipinski definition) is 3. The van der Waals surface area contributed by atoms with Crippen molar-refractivity contribution >= 4 is 38.4 Å². The Bertz CT molecular complexity index is 1030. The minimum absolute atomic E-state index is 0.0137. The van der Waals surface area contributed by atoms with Crippen molar-refractivity contribution in [1.29, 1.82) is 0 Å². The van der Waals surface area contributed by atoms with Crippen molar-refractivity contribution in [2.24, 2.45) is 0 Å². The van der Waals surface area contributed by atoms with Crippen molar-refractivity contribution < 1.29 is 14.6 Å². The number of carbonyl (C=O) groups excluding carboxylic acids is 1. The molecule has 0 fully saturated rings. The largest absolute Gasteiger partial charge is 0.415 e. The first-order valence-corrected chi connectivity index (χ1v) is 7.85. The Labute approximate surface area is 134 Å². The van der Waals surface area contributed by atoms with Crippen molar-refractivity contribution in [2.45, 2.75) is 13.5 Å². The number of fused-ring (bicyclic) bond motifs is 2. The van der Waals surface area contributed by atoms with Crippen LogP contribution in [-0.4, -0.2) is 26.3 Å². The first-order chi connectivity index (χ1) is 11.1. The molecule has 0 spiro atoms. The summed E-state index contributed by atoms with van der Waals surface area (Å²) in [5.41, 5.74) is 4.33. The first-order valence-electron chi connectivity index (χ1n) is 7.03. The Balaban J connectivity index is 1.81. The molecule has 0 amide bonds. The summed E-state index contributed by atoms with van der Waals surface area (Å²) in [5, 5.41) is 18.1. The van der Waals surface area contributed by atoms with E-state index in [1.54, 1.807) is 6.07 Å². The summed E-state index contributed by atoms with van der Waals surface area (Å²) in [4.78, 5) is 14.4. The smallest absolute Gasteiger partial charge is 0.308 e. The van der Waals surface area contributed by atoms with Crippen LogP contribution in [-0.2, 0) is 11.4 Å². The molecule has 3 N–H and O–H groups in total. The summed E-state index contributed by atoms with van der Waals surface area (Å²) in [6.45, 7) is 1.39. The zero-order valence-electron chi connectivity index (χ0n) is 12.2. The third-order valence-corrected chi connectivity index (χ3v) is 4.60. The third kappa shape index (κ3) is 2.39. The summed E-state index contributed by atoms with van der Waals surface area (Å²) < 4.78 is 6.06. The van der Waals surface area contributed by atoms with Crippen LogP contribution in [0.25, 0.3) is 32.5 Å². The van der Waals surface area contributed by atoms with Gasteiger partial charge in [0.25, 0.3) is 0 Å². The monoisotopic (exact) mass is 327 g/mol. The molecule has 0 saturated carbocycles. The second kappa shape index (κ2) is 5.22. The minimum atomic E-state index is -0.342. The van der Waals surface area contributed by atoms with Gasteiger partial charge >= 0.3 is 5.97 Å². The van der Waals surface area contributed by atoms with Crippen molar-refractivity contribution in [3.8, 4) is 16.5 Å². The van der Waals surface area contributed by atoms with Gasteiger partial charge in [0, 0.05) is 23.9 Å². The van der Waals surface area contributed by atoms with E-state index in [1.807, 2.05) is 24.3 Å². The van der Waals surface area contributed by atoms with Crippen molar-refractivity contribution in [3.05, 3.63) is 35.9 Å². The van der Waals surface area contributed by atoms with Gasteiger partial charge in [0.1, 0.15) is 5.69 Å². The number of benzene rings is 1. The average molecular weight is 327 g/mol. The molecule has 4 rings (SSSR count). The molecule has 1 aromatic carbocycles. The van der Waals surface area contributed by atoms with Crippen molar-refractivity contribution in [1.82, 2.24) is 15.2 Å². The van der Waals surface area contributed by atoms with E-state index in [4.69, 9.17) is 4.74 Å². The molecule has 3 aromatic heterocycles. The predicted octanol–water partition coefficient (Wildman–Crippen LogP) is 3.19. The maximum absolute atomic E-state index is 11.1. The molecule has 6 nitrogen and oxygen atoms in total. The fraction of sp³-hybridized carbons (Fsp3) is 0.125. The quantitative estimate of drug-likeness (QED) is 0.504. The average Bonchev–Trinajstić information content (AvgIpc) is 3.18. The number of rotatable bonds is 3. The maximum atomic E-state index is 11.1. The summed E-state index contributed by atoms with van der Waals surface area (Å²) in [6.07, 6.45) is 0. The molecule has 0 bridgehead atoms. The molecule has 0 aliphatic rings. The van der Waals surface area contributed by atoms with Gasteiger partial charge in [-0.25, -0.2) is 0 Å². The van der Waals surface area contributed by atoms with Gasteiger partial charge in [-0.3, -0.25) is 9.89 Å². The third-order valence-electron chi connectivity index (χ3n) is 3.58. The molecular formula is C16H13N3O3S. The first kappa shape index (κ1) is 14.0. The van der Waals surface area contributed by atoms with Crippen LogP contribution in [0.3, 0.4) is 0 Å². The Morgan fingerprint density at radius 3 is 2.96 bits per heavy atom. The lowest BCUT2D eigenvalue weighted by Gasteiger charge is -1.94. The Morgan fingerprint density at radius 1 is 1.30 bits per heavy atom. The highest BCUT2D eigenvalue weighted by molar-refractivity contribution is 7.21. The number of esters is 1. The number of aromatic nitrogens is 3. The fourth-order valence-electron chi connectivity index (χ4n) is 2.58. The highest BCUT2D eigenvalue weighted by atomic mass is 32.1. The summed E-state index contributed by atoms with van der Waals surface area (Å²) >= 11 is 1.37. The van der Waals surface area contributed by atoms with Gasteiger partial charge in [-0.15, -0.1) is 0 Å². The van der Waals surface area contributed by atoms with Gasteiger partial charge in [0.2, 0.25) is 0 Å². The van der Waals surface area contributed by atoms with Crippen LogP contribution in [0, 0.1) is 0 Å². The standard InChI is InChI=1S/C16H13N3O3S/c1-8(21)22-14-6-13-16(23-14)15(19-18-13)12-5-10-4-9(7-20)2-3-11(10)17-12/h2-6,17,20H,7H2,1H3,(H,18,19). The zero-order valence-corrected chi connectivity index (χ0v) is 13.0. The molecule has 0 saturated heterocycles. The summed E-state index contributed by atoms with van der Waals surface area (Å²) in [7, 11) is 0. The second-order valence-electron chi connectivity index (χ2n) is 5.24. The number of H-pyrrole nitrogens is 2. The Kier molecular flexibility index (Phi) is 3.17. The highest BCUT2D eigenvalue weighted by Crippen LogP contribution is 2.37. The maximum Gasteiger partial charge on any atom is 0.308 e. The molecular weight excluding hydrogens is 314 g/mol. The van der Waals surface area contributed by atoms with Gasteiger partial charge in [0.15, 0.2) is 5.06 Å². The molecule has 0 radical (unpaired) electrons. The topological polar surface area (TPSA) is 91.0 Å². The molecule has 4 aromatic rings. The van der Waals surface area contributed by atoms with Gasteiger partial charge in [-0.1, -0.05) is 17.4 Å². The van der Waals surface area contributed by atoms with Gasteiger partial charge in [-0.2, -0.15) is 5.10 Å². The number of ether oxygens (including phenoxy) is 1. The van der Waals surface area contributed by atoms with E-state index in [9.17, 15) is 9.90 Å². The van der Waals surface area contributed by atoms with Crippen LogP contribution in [0.15, 0.2) is 30.3 Å². The molecule has 0 unspecified atom stereocenters. The number of nitrogens with one attached hydrogen (secondary N) is 2. The van der Waals surface area contributed by atoms with Crippen LogP contribution in [0.5, 0.6) is 5.06 Å². The van der Waals surface area contributed by atoms with Gasteiger partial charge in [-0.05, 0) is 23.8 Å². The van der Waals surface area contributed by atoms with Crippen LogP contribution in [0.1, 0.15) is 12.5 Å². The number of thiophene rings is 1. The van der Waals surface area contributed by atoms with E-state index in [-0.39, 0.29) is 12.6 Å². The number of hydrogen-bond acceptors (Lipinski definition) is 5. The second-order valence-corrected chi connectivity index (χ2v) is 6.25. The molecule has 0 aliphatic carbocycles. The normalized spacial score (nSPS) is 11.4. The molecule has 7 heteroatoms. The van der Waals surface area contributed by atoms with Gasteiger partial charge < -0.3 is 14.8 Å². The Morgan fingerprint density at radius 2 is 2.17 bits per heavy atom. The molecule has 0 atom stereocenters. The fourth-order valence-corrected chi connectivity index (χ4v) is 3.58. The lowest BCUT2D eigenvalue weighted by molar-refractivity contribution is -0.131. The zero-order chi connectivity index (χ0) is 16.0. The van der Waals surface area contributed by atoms with Gasteiger partial charge in [0.05, 0.1) is 22.5 Å². The highest BCUT2D eigenvalue weighted by Gasteiger charge is 2.15. The van der Waals surface area contributed by atoms with E-state index in [2.05, 4.69) is 15.2 Å².